The van der Waals surface area contributed by atoms with Crippen molar-refractivity contribution in [2.24, 2.45) is 11.8 Å². The number of hydrogen-bond donors (Lipinski definition) is 4. The number of phosphoric acid groups is 1. The summed E-state index contributed by atoms with van der Waals surface area (Å²) in [5.41, 5.74) is 4.37. The first kappa shape index (κ1) is 44.4. The topological polar surface area (TPSA) is 173 Å². The molecule has 0 heterocycles. The molecule has 0 fully saturated rings. The Balaban J connectivity index is 1.55. The zero-order valence-electron chi connectivity index (χ0n) is 33.6. The molecule has 4 aromatic carbocycles. The molecule has 0 saturated heterocycles. The van der Waals surface area contributed by atoms with Crippen LogP contribution in [0.5, 0.6) is 11.5 Å². The monoisotopic (exact) mass is 803 g/mol. The molecule has 0 aliphatic rings. The van der Waals surface area contributed by atoms with Crippen molar-refractivity contribution in [1.82, 2.24) is 0 Å². The van der Waals surface area contributed by atoms with Gasteiger partial charge in [-0.2, -0.15) is 0 Å². The first-order valence-corrected chi connectivity index (χ1v) is 20.4. The summed E-state index contributed by atoms with van der Waals surface area (Å²) in [6.45, 7) is 13.4. The number of carboxylic acid groups (broad SMARTS) is 1. The number of carboxylic acids is 1. The van der Waals surface area contributed by atoms with Crippen LogP contribution in [-0.2, 0) is 31.8 Å². The van der Waals surface area contributed by atoms with Crippen LogP contribution in [0.4, 0.5) is 21.9 Å². The Labute approximate surface area is 334 Å². The third kappa shape index (κ3) is 13.4. The lowest BCUT2D eigenvalue weighted by Gasteiger charge is -2.31. The molecule has 0 aromatic heterocycles. The van der Waals surface area contributed by atoms with Crippen LogP contribution in [0.3, 0.4) is 0 Å². The molecule has 0 spiro atoms. The van der Waals surface area contributed by atoms with E-state index in [1.54, 1.807) is 30.3 Å². The number of phosphoric ester groups is 1. The normalized spacial score (nSPS) is 12.7. The Bertz CT molecular complexity index is 2010. The van der Waals surface area contributed by atoms with E-state index in [0.29, 0.717) is 35.2 Å². The van der Waals surface area contributed by atoms with Gasteiger partial charge in [-0.05, 0) is 72.6 Å². The molecule has 0 aliphatic carbocycles. The van der Waals surface area contributed by atoms with E-state index in [1.165, 1.54) is 19.2 Å². The van der Waals surface area contributed by atoms with Gasteiger partial charge in [0.1, 0.15) is 12.2 Å². The Morgan fingerprint density at radius 3 is 2.11 bits per heavy atom. The fourth-order valence-electron chi connectivity index (χ4n) is 6.25. The van der Waals surface area contributed by atoms with Crippen LogP contribution in [-0.4, -0.2) is 48.2 Å². The van der Waals surface area contributed by atoms with Gasteiger partial charge in [0, 0.05) is 24.3 Å². The van der Waals surface area contributed by atoms with Crippen molar-refractivity contribution >= 4 is 42.9 Å². The summed E-state index contributed by atoms with van der Waals surface area (Å²) in [5.74, 6) is -2.30. The Hall–Kier alpha value is -5.36. The largest absolute Gasteiger partial charge is 0.527 e. The molecule has 0 aliphatic heterocycles. The summed E-state index contributed by atoms with van der Waals surface area (Å²) < 4.78 is 34.4. The number of rotatable bonds is 20. The third-order valence-electron chi connectivity index (χ3n) is 8.93. The van der Waals surface area contributed by atoms with Gasteiger partial charge in [-0.25, -0.2) is 14.2 Å². The van der Waals surface area contributed by atoms with Gasteiger partial charge in [-0.3, -0.25) is 14.2 Å². The van der Waals surface area contributed by atoms with E-state index in [2.05, 4.69) is 43.2 Å². The standard InChI is InChI=1S/C43H54N3O10P/c1-8-32(33-17-21-38(46(24-28(2)3)25-29(4)5)37(22-33)45-43(50)44-35-18-14-30(6)15-19-35)23-39(47)54-27-34-16-20-36(42(48)49)41(40(34)53-7)56-57(51,52)55-26-31-12-10-9-11-13-31/h9-22,28-29,32H,8,23-27H2,1-7H3,(H,48,49)(H,51,52)(H2,44,45,50). The molecule has 13 nitrogen and oxygen atoms in total. The lowest BCUT2D eigenvalue weighted by atomic mass is 9.92. The zero-order valence-corrected chi connectivity index (χ0v) is 34.5. The summed E-state index contributed by atoms with van der Waals surface area (Å²) in [7, 11) is -3.61. The molecular formula is C43H54N3O10P. The molecule has 57 heavy (non-hydrogen) atoms. The summed E-state index contributed by atoms with van der Waals surface area (Å²) in [4.78, 5) is 51.6. The predicted octanol–water partition coefficient (Wildman–Crippen LogP) is 9.79. The minimum absolute atomic E-state index is 0.00932. The van der Waals surface area contributed by atoms with Gasteiger partial charge in [0.2, 0.25) is 0 Å². The molecule has 4 aromatic rings. The van der Waals surface area contributed by atoms with Gasteiger partial charge in [0.05, 0.1) is 31.5 Å². The van der Waals surface area contributed by atoms with E-state index in [1.807, 2.05) is 56.3 Å². The highest BCUT2D eigenvalue weighted by molar-refractivity contribution is 7.47. The maximum absolute atomic E-state index is 13.4. The number of aromatic carboxylic acids is 1. The highest BCUT2D eigenvalue weighted by Crippen LogP contribution is 2.50. The Morgan fingerprint density at radius 2 is 1.51 bits per heavy atom. The highest BCUT2D eigenvalue weighted by atomic mass is 31.2. The van der Waals surface area contributed by atoms with Gasteiger partial charge < -0.3 is 34.6 Å². The number of methoxy groups -OCH3 is 1. The van der Waals surface area contributed by atoms with Crippen LogP contribution in [0.25, 0.3) is 0 Å². The number of esters is 1. The molecule has 4 N–H and O–H groups in total. The SMILES string of the molecule is CCC(CC(=O)OCc1ccc(C(=O)O)c(OP(=O)(O)OCc2ccccc2)c1OC)c1ccc(N(CC(C)C)CC(C)C)c(NC(=O)Nc2ccc(C)cc2)c1. The number of nitrogens with one attached hydrogen (secondary N) is 2. The second-order valence-corrected chi connectivity index (χ2v) is 16.0. The molecule has 0 bridgehead atoms. The molecule has 4 rings (SSSR count). The van der Waals surface area contributed by atoms with Crippen molar-refractivity contribution in [3.05, 3.63) is 113 Å². The lowest BCUT2D eigenvalue weighted by molar-refractivity contribution is -0.145. The van der Waals surface area contributed by atoms with Crippen LogP contribution in [0, 0.1) is 18.8 Å². The number of anilines is 3. The molecule has 0 saturated carbocycles. The summed E-state index contributed by atoms with van der Waals surface area (Å²) >= 11 is 0. The maximum atomic E-state index is 13.4. The molecule has 14 heteroatoms. The van der Waals surface area contributed by atoms with E-state index >= 15 is 0 Å². The maximum Gasteiger partial charge on any atom is 0.527 e. The van der Waals surface area contributed by atoms with Crippen LogP contribution < -0.4 is 24.8 Å². The lowest BCUT2D eigenvalue weighted by Crippen LogP contribution is -2.32. The smallest absolute Gasteiger partial charge is 0.492 e. The van der Waals surface area contributed by atoms with Gasteiger partial charge >= 0.3 is 25.8 Å². The van der Waals surface area contributed by atoms with Gasteiger partial charge in [-0.15, -0.1) is 0 Å². The van der Waals surface area contributed by atoms with Crippen LogP contribution in [0.1, 0.15) is 86.0 Å². The predicted molar refractivity (Wildman–Crippen MR) is 221 cm³/mol. The number of aryl methyl sites for hydroxylation is 1. The Kier molecular flexibility index (Phi) is 16.1. The number of carbonyl (C=O) groups is 3. The minimum Gasteiger partial charge on any atom is -0.492 e. The molecule has 306 valence electrons. The number of benzene rings is 4. The zero-order chi connectivity index (χ0) is 41.7. The van der Waals surface area contributed by atoms with Crippen molar-refractivity contribution in [3.8, 4) is 11.5 Å². The third-order valence-corrected chi connectivity index (χ3v) is 9.80. The van der Waals surface area contributed by atoms with Gasteiger partial charge in [-0.1, -0.05) is 94.8 Å². The molecule has 0 radical (unpaired) electrons. The number of carbonyl (C=O) groups excluding carboxylic acids is 2. The molecule has 2 unspecified atom stereocenters. The van der Waals surface area contributed by atoms with Crippen LogP contribution in [0.15, 0.2) is 84.9 Å². The Morgan fingerprint density at radius 1 is 0.842 bits per heavy atom. The van der Waals surface area contributed by atoms with Crippen molar-refractivity contribution in [2.75, 3.05) is 35.7 Å². The molecular weight excluding hydrogens is 749 g/mol. The summed E-state index contributed by atoms with van der Waals surface area (Å²) in [6.07, 6.45) is 0.569. The van der Waals surface area contributed by atoms with Gasteiger partial charge in [0.25, 0.3) is 0 Å². The van der Waals surface area contributed by atoms with E-state index in [0.717, 1.165) is 29.9 Å². The van der Waals surface area contributed by atoms with Crippen LogP contribution >= 0.6 is 7.82 Å². The van der Waals surface area contributed by atoms with Crippen molar-refractivity contribution in [1.29, 1.82) is 0 Å². The van der Waals surface area contributed by atoms with Gasteiger partial charge in [0.15, 0.2) is 11.5 Å². The van der Waals surface area contributed by atoms with Crippen molar-refractivity contribution in [2.45, 2.75) is 73.5 Å². The first-order valence-electron chi connectivity index (χ1n) is 18.9. The van der Waals surface area contributed by atoms with Crippen molar-refractivity contribution < 1.29 is 47.5 Å². The fraction of sp³-hybridized carbons (Fsp3) is 0.372. The van der Waals surface area contributed by atoms with Crippen molar-refractivity contribution in [3.63, 3.8) is 0 Å². The summed E-state index contributed by atoms with van der Waals surface area (Å²) in [6, 6.07) is 24.1. The number of hydrogen-bond acceptors (Lipinski definition) is 9. The average Bonchev–Trinajstić information content (AvgIpc) is 3.15. The van der Waals surface area contributed by atoms with E-state index in [-0.39, 0.29) is 36.9 Å². The number of nitrogens with zero attached hydrogens (tertiary/aromatic N) is 1. The average molecular weight is 804 g/mol. The van der Waals surface area contributed by atoms with E-state index in [4.69, 9.17) is 18.5 Å². The second kappa shape index (κ2) is 20.7. The number of amides is 2. The highest BCUT2D eigenvalue weighted by Gasteiger charge is 2.31. The first-order chi connectivity index (χ1) is 27.1. The van der Waals surface area contributed by atoms with E-state index in [9.17, 15) is 28.9 Å². The fourth-order valence-corrected chi connectivity index (χ4v) is 7.02. The van der Waals surface area contributed by atoms with E-state index < -0.39 is 37.1 Å². The second-order valence-electron chi connectivity index (χ2n) is 14.6. The number of urea groups is 1. The molecule has 2 atom stereocenters. The number of ether oxygens (including phenoxy) is 2. The minimum atomic E-state index is -4.84. The summed E-state index contributed by atoms with van der Waals surface area (Å²) in [5, 5.41) is 15.8. The van der Waals surface area contributed by atoms with Crippen LogP contribution in [0.2, 0.25) is 0 Å². The molecule has 2 amide bonds. The quantitative estimate of drug-likeness (QED) is 0.0495.